The lowest BCUT2D eigenvalue weighted by Crippen LogP contribution is -2.38. The van der Waals surface area contributed by atoms with Crippen LogP contribution in [0.5, 0.6) is 0 Å². The van der Waals surface area contributed by atoms with E-state index in [9.17, 15) is 4.79 Å². The van der Waals surface area contributed by atoms with Crippen molar-refractivity contribution >= 4 is 5.91 Å². The Labute approximate surface area is 141 Å². The van der Waals surface area contributed by atoms with Crippen molar-refractivity contribution in [3.63, 3.8) is 0 Å². The minimum absolute atomic E-state index is 0.137. The normalized spacial score (nSPS) is 23.0. The Balaban J connectivity index is 1.68. The van der Waals surface area contributed by atoms with E-state index in [4.69, 9.17) is 0 Å². The number of carbonyl (C=O) groups is 1. The molecule has 1 amide bonds. The van der Waals surface area contributed by atoms with Crippen molar-refractivity contribution in [1.82, 2.24) is 10.6 Å². The Morgan fingerprint density at radius 3 is 2.57 bits per heavy atom. The highest BCUT2D eigenvalue weighted by atomic mass is 16.1. The molecule has 0 saturated heterocycles. The fourth-order valence-corrected chi connectivity index (χ4v) is 3.24. The molecule has 23 heavy (non-hydrogen) atoms. The Kier molecular flexibility index (Phi) is 7.60. The van der Waals surface area contributed by atoms with E-state index in [0.717, 1.165) is 32.2 Å². The fourth-order valence-electron chi connectivity index (χ4n) is 3.24. The summed E-state index contributed by atoms with van der Waals surface area (Å²) < 4.78 is 0. The van der Waals surface area contributed by atoms with Crippen molar-refractivity contribution in [2.45, 2.75) is 70.9 Å². The highest BCUT2D eigenvalue weighted by molar-refractivity contribution is 5.78. The van der Waals surface area contributed by atoms with Crippen molar-refractivity contribution in [3.05, 3.63) is 35.9 Å². The molecule has 2 rings (SSSR count). The Hall–Kier alpha value is -1.35. The lowest BCUT2D eigenvalue weighted by molar-refractivity contribution is -0.125. The van der Waals surface area contributed by atoms with Gasteiger partial charge in [-0.1, -0.05) is 44.2 Å². The Morgan fingerprint density at radius 2 is 1.83 bits per heavy atom. The summed E-state index contributed by atoms with van der Waals surface area (Å²) >= 11 is 0. The largest absolute Gasteiger partial charge is 0.353 e. The van der Waals surface area contributed by atoms with Crippen molar-refractivity contribution < 1.29 is 4.79 Å². The van der Waals surface area contributed by atoms with Gasteiger partial charge in [-0.05, 0) is 57.1 Å². The molecule has 0 radical (unpaired) electrons. The van der Waals surface area contributed by atoms with Gasteiger partial charge in [-0.25, -0.2) is 0 Å². The lowest BCUT2D eigenvalue weighted by atomic mass is 10.0. The van der Waals surface area contributed by atoms with Gasteiger partial charge in [0.1, 0.15) is 0 Å². The van der Waals surface area contributed by atoms with Gasteiger partial charge in [0, 0.05) is 18.0 Å². The monoisotopic (exact) mass is 316 g/mol. The second kappa shape index (κ2) is 9.71. The van der Waals surface area contributed by atoms with Gasteiger partial charge in [0.15, 0.2) is 0 Å². The third-order valence-corrected chi connectivity index (χ3v) is 5.06. The minimum atomic E-state index is 0.137. The molecule has 3 atom stereocenters. The molecule has 3 unspecified atom stereocenters. The van der Waals surface area contributed by atoms with Crippen LogP contribution in [-0.2, 0) is 11.2 Å². The Bertz CT molecular complexity index is 460. The van der Waals surface area contributed by atoms with E-state index in [1.54, 1.807) is 0 Å². The van der Waals surface area contributed by atoms with Gasteiger partial charge >= 0.3 is 0 Å². The van der Waals surface area contributed by atoms with Crippen LogP contribution in [-0.4, -0.2) is 24.5 Å². The number of carbonyl (C=O) groups excluding carboxylic acids is 1. The molecule has 3 nitrogen and oxygen atoms in total. The molecule has 3 heteroatoms. The zero-order valence-corrected chi connectivity index (χ0v) is 14.7. The number of hydrogen-bond acceptors (Lipinski definition) is 2. The molecule has 0 spiro atoms. The molecular formula is C20H32N2O. The van der Waals surface area contributed by atoms with Gasteiger partial charge in [0.25, 0.3) is 0 Å². The lowest BCUT2D eigenvalue weighted by Gasteiger charge is -2.19. The molecule has 1 fully saturated rings. The van der Waals surface area contributed by atoms with E-state index in [1.165, 1.54) is 24.8 Å². The van der Waals surface area contributed by atoms with Gasteiger partial charge in [-0.3, -0.25) is 4.79 Å². The molecule has 0 bridgehead atoms. The maximum Gasteiger partial charge on any atom is 0.223 e. The molecule has 2 N–H and O–H groups in total. The van der Waals surface area contributed by atoms with Crippen LogP contribution in [0.4, 0.5) is 0 Å². The summed E-state index contributed by atoms with van der Waals surface area (Å²) in [6.45, 7) is 5.13. The van der Waals surface area contributed by atoms with Gasteiger partial charge in [0.05, 0.1) is 0 Å². The van der Waals surface area contributed by atoms with Crippen LogP contribution in [0, 0.1) is 5.92 Å². The topological polar surface area (TPSA) is 41.1 Å². The second-order valence-corrected chi connectivity index (χ2v) is 6.91. The Morgan fingerprint density at radius 1 is 1.13 bits per heavy atom. The summed E-state index contributed by atoms with van der Waals surface area (Å²) in [5, 5.41) is 6.95. The second-order valence-electron chi connectivity index (χ2n) is 6.91. The highest BCUT2D eigenvalue weighted by Gasteiger charge is 2.21. The standard InChI is InChI=1S/C20H32N2O/c1-3-16(2)20(23)22-19-11-7-10-18(12-13-19)21-15-14-17-8-5-4-6-9-17/h4-6,8-9,16,18-19,21H,3,7,10-15H2,1-2H3,(H,22,23). The number of benzene rings is 1. The third-order valence-electron chi connectivity index (χ3n) is 5.06. The molecule has 1 aromatic rings. The zero-order chi connectivity index (χ0) is 16.5. The molecule has 0 heterocycles. The first-order valence-electron chi connectivity index (χ1n) is 9.26. The van der Waals surface area contributed by atoms with Crippen molar-refractivity contribution in [3.8, 4) is 0 Å². The van der Waals surface area contributed by atoms with E-state index in [-0.39, 0.29) is 11.8 Å². The predicted molar refractivity (Wildman–Crippen MR) is 96.4 cm³/mol. The average Bonchev–Trinajstić information content (AvgIpc) is 2.80. The SMILES string of the molecule is CCC(C)C(=O)NC1CCCC(NCCc2ccccc2)CC1. The first-order valence-corrected chi connectivity index (χ1v) is 9.26. The summed E-state index contributed by atoms with van der Waals surface area (Å²) in [5.41, 5.74) is 1.40. The molecule has 1 saturated carbocycles. The number of amides is 1. The van der Waals surface area contributed by atoms with E-state index < -0.39 is 0 Å². The van der Waals surface area contributed by atoms with Crippen LogP contribution in [0.15, 0.2) is 30.3 Å². The number of nitrogens with one attached hydrogen (secondary N) is 2. The summed E-state index contributed by atoms with van der Waals surface area (Å²) in [6.07, 6.45) is 7.83. The maximum absolute atomic E-state index is 12.0. The zero-order valence-electron chi connectivity index (χ0n) is 14.7. The van der Waals surface area contributed by atoms with Crippen LogP contribution in [0.1, 0.15) is 57.9 Å². The van der Waals surface area contributed by atoms with E-state index in [0.29, 0.717) is 12.1 Å². The molecule has 1 aliphatic rings. The number of rotatable bonds is 7. The first kappa shape index (κ1) is 18.0. The smallest absolute Gasteiger partial charge is 0.223 e. The minimum Gasteiger partial charge on any atom is -0.353 e. The first-order chi connectivity index (χ1) is 11.2. The average molecular weight is 316 g/mol. The molecule has 1 aliphatic carbocycles. The van der Waals surface area contributed by atoms with Crippen LogP contribution in [0.2, 0.25) is 0 Å². The highest BCUT2D eigenvalue weighted by Crippen LogP contribution is 2.19. The van der Waals surface area contributed by atoms with Crippen LogP contribution in [0.3, 0.4) is 0 Å². The predicted octanol–water partition coefficient (Wildman–Crippen LogP) is 3.68. The van der Waals surface area contributed by atoms with E-state index in [2.05, 4.69) is 47.9 Å². The van der Waals surface area contributed by atoms with Gasteiger partial charge in [0.2, 0.25) is 5.91 Å². The molecule has 0 aliphatic heterocycles. The summed E-state index contributed by atoms with van der Waals surface area (Å²) in [7, 11) is 0. The fraction of sp³-hybridized carbons (Fsp3) is 0.650. The van der Waals surface area contributed by atoms with Crippen molar-refractivity contribution in [2.24, 2.45) is 5.92 Å². The van der Waals surface area contributed by atoms with Gasteiger partial charge in [-0.15, -0.1) is 0 Å². The molecule has 0 aromatic heterocycles. The summed E-state index contributed by atoms with van der Waals surface area (Å²) in [5.74, 6) is 0.367. The van der Waals surface area contributed by atoms with E-state index in [1.807, 2.05) is 6.92 Å². The van der Waals surface area contributed by atoms with Crippen LogP contribution in [0.25, 0.3) is 0 Å². The molecule has 128 valence electrons. The molecular weight excluding hydrogens is 284 g/mol. The van der Waals surface area contributed by atoms with Crippen molar-refractivity contribution in [1.29, 1.82) is 0 Å². The number of hydrogen-bond donors (Lipinski definition) is 2. The molecule has 1 aromatic carbocycles. The van der Waals surface area contributed by atoms with Crippen LogP contribution >= 0.6 is 0 Å². The van der Waals surface area contributed by atoms with E-state index >= 15 is 0 Å². The quantitative estimate of drug-likeness (QED) is 0.753. The van der Waals surface area contributed by atoms with Gasteiger partial charge < -0.3 is 10.6 Å². The summed E-state index contributed by atoms with van der Waals surface area (Å²) in [4.78, 5) is 12.0. The third kappa shape index (κ3) is 6.34. The van der Waals surface area contributed by atoms with Crippen molar-refractivity contribution in [2.75, 3.05) is 6.54 Å². The maximum atomic E-state index is 12.0. The van der Waals surface area contributed by atoms with Gasteiger partial charge in [-0.2, -0.15) is 0 Å². The van der Waals surface area contributed by atoms with Crippen LogP contribution < -0.4 is 10.6 Å². The summed E-state index contributed by atoms with van der Waals surface area (Å²) in [6, 6.07) is 11.6.